The highest BCUT2D eigenvalue weighted by atomic mass is 79.9. The van der Waals surface area contributed by atoms with Gasteiger partial charge in [0.05, 0.1) is 18.8 Å². The molecule has 1 saturated heterocycles. The molecule has 1 heterocycles. The van der Waals surface area contributed by atoms with Crippen LogP contribution in [-0.4, -0.2) is 25.3 Å². The summed E-state index contributed by atoms with van der Waals surface area (Å²) in [6.45, 7) is 3.85. The Kier molecular flexibility index (Phi) is 3.83. The summed E-state index contributed by atoms with van der Waals surface area (Å²) in [5.74, 6) is 0. The van der Waals surface area contributed by atoms with E-state index >= 15 is 0 Å². The van der Waals surface area contributed by atoms with E-state index in [2.05, 4.69) is 39.0 Å². The maximum absolute atomic E-state index is 5.96. The molecule has 4 heteroatoms. The van der Waals surface area contributed by atoms with Crippen molar-refractivity contribution in [1.82, 2.24) is 0 Å². The molecule has 0 aromatic heterocycles. The minimum absolute atomic E-state index is 0.0624. The van der Waals surface area contributed by atoms with Gasteiger partial charge < -0.3 is 15.4 Å². The second kappa shape index (κ2) is 5.43. The van der Waals surface area contributed by atoms with E-state index in [4.69, 9.17) is 10.5 Å². The quantitative estimate of drug-likeness (QED) is 0.907. The number of fused-ring (bicyclic) bond motifs is 1. The lowest BCUT2D eigenvalue weighted by atomic mass is 10.1. The first-order valence-electron chi connectivity index (χ1n) is 7.10. The van der Waals surface area contributed by atoms with Crippen molar-refractivity contribution < 1.29 is 4.74 Å². The Morgan fingerprint density at radius 1 is 1.42 bits per heavy atom. The second-order valence-corrected chi connectivity index (χ2v) is 6.45. The van der Waals surface area contributed by atoms with Gasteiger partial charge in [0.15, 0.2) is 0 Å². The molecule has 0 bridgehead atoms. The molecule has 3 atom stereocenters. The number of nitrogens with two attached hydrogens (primary N) is 1. The fourth-order valence-corrected chi connectivity index (χ4v) is 4.04. The van der Waals surface area contributed by atoms with Crippen LogP contribution in [0.15, 0.2) is 22.7 Å². The highest BCUT2D eigenvalue weighted by Gasteiger charge is 2.36. The smallest absolute Gasteiger partial charge is 0.0779 e. The van der Waals surface area contributed by atoms with Gasteiger partial charge in [-0.05, 0) is 43.9 Å². The maximum Gasteiger partial charge on any atom is 0.0779 e. The molecular weight excluding hydrogens is 304 g/mol. The van der Waals surface area contributed by atoms with Gasteiger partial charge in [-0.3, -0.25) is 0 Å². The highest BCUT2D eigenvalue weighted by Crippen LogP contribution is 2.35. The molecule has 3 nitrogen and oxygen atoms in total. The van der Waals surface area contributed by atoms with Crippen LogP contribution in [0, 0.1) is 0 Å². The molecule has 1 saturated carbocycles. The summed E-state index contributed by atoms with van der Waals surface area (Å²) in [5.41, 5.74) is 8.42. The average molecular weight is 325 g/mol. The molecule has 19 heavy (non-hydrogen) atoms. The number of benzene rings is 1. The normalized spacial score (nSPS) is 28.3. The molecule has 0 spiro atoms. The van der Waals surface area contributed by atoms with Crippen LogP contribution in [0.1, 0.15) is 37.8 Å². The monoisotopic (exact) mass is 324 g/mol. The first kappa shape index (κ1) is 13.4. The Morgan fingerprint density at radius 3 is 3.00 bits per heavy atom. The molecule has 2 fully saturated rings. The number of anilines is 1. The van der Waals surface area contributed by atoms with Crippen LogP contribution in [-0.2, 0) is 4.74 Å². The first-order chi connectivity index (χ1) is 9.16. The van der Waals surface area contributed by atoms with Crippen LogP contribution in [0.5, 0.6) is 0 Å². The van der Waals surface area contributed by atoms with E-state index in [9.17, 15) is 0 Å². The average Bonchev–Trinajstić information content (AvgIpc) is 2.86. The predicted molar refractivity (Wildman–Crippen MR) is 81.5 cm³/mol. The van der Waals surface area contributed by atoms with E-state index in [1.165, 1.54) is 30.5 Å². The van der Waals surface area contributed by atoms with Crippen LogP contribution in [0.2, 0.25) is 0 Å². The van der Waals surface area contributed by atoms with Gasteiger partial charge in [0.1, 0.15) is 0 Å². The van der Waals surface area contributed by atoms with Crippen molar-refractivity contribution in [3.8, 4) is 0 Å². The lowest BCUT2D eigenvalue weighted by Crippen LogP contribution is -2.48. The van der Waals surface area contributed by atoms with Crippen LogP contribution in [0.25, 0.3) is 0 Å². The first-order valence-corrected chi connectivity index (χ1v) is 7.89. The number of halogens is 1. The van der Waals surface area contributed by atoms with Crippen molar-refractivity contribution in [2.75, 3.05) is 18.1 Å². The zero-order valence-corrected chi connectivity index (χ0v) is 12.9. The van der Waals surface area contributed by atoms with Gasteiger partial charge in [0, 0.05) is 22.7 Å². The van der Waals surface area contributed by atoms with Crippen molar-refractivity contribution in [3.05, 3.63) is 28.2 Å². The standard InChI is InChI=1S/C15H21BrN2O/c1-10(17)12-6-5-11(9-13(12)16)18-7-8-19-15-4-2-3-14(15)18/h5-6,9-10,14-15H,2-4,7-8,17H2,1H3. The van der Waals surface area contributed by atoms with Gasteiger partial charge in [-0.15, -0.1) is 0 Å². The summed E-state index contributed by atoms with van der Waals surface area (Å²) in [6.07, 6.45) is 4.17. The van der Waals surface area contributed by atoms with Gasteiger partial charge in [0.25, 0.3) is 0 Å². The number of rotatable bonds is 2. The Labute approximate surface area is 123 Å². The number of ether oxygens (including phenoxy) is 1. The van der Waals surface area contributed by atoms with Gasteiger partial charge in [-0.2, -0.15) is 0 Å². The molecule has 2 N–H and O–H groups in total. The second-order valence-electron chi connectivity index (χ2n) is 5.60. The molecule has 3 rings (SSSR count). The van der Waals surface area contributed by atoms with Gasteiger partial charge in [0.2, 0.25) is 0 Å². The third kappa shape index (κ3) is 2.54. The van der Waals surface area contributed by atoms with Crippen molar-refractivity contribution in [2.45, 2.75) is 44.4 Å². The summed E-state index contributed by atoms with van der Waals surface area (Å²) in [4.78, 5) is 2.51. The summed E-state index contributed by atoms with van der Waals surface area (Å²) in [7, 11) is 0. The van der Waals surface area contributed by atoms with Crippen LogP contribution < -0.4 is 10.6 Å². The van der Waals surface area contributed by atoms with E-state index < -0.39 is 0 Å². The fraction of sp³-hybridized carbons (Fsp3) is 0.600. The van der Waals surface area contributed by atoms with E-state index in [1.54, 1.807) is 0 Å². The lowest BCUT2D eigenvalue weighted by Gasteiger charge is -2.39. The van der Waals surface area contributed by atoms with Crippen molar-refractivity contribution in [3.63, 3.8) is 0 Å². The number of hydrogen-bond donors (Lipinski definition) is 1. The van der Waals surface area contributed by atoms with E-state index in [0.29, 0.717) is 12.1 Å². The Hall–Kier alpha value is -0.580. The summed E-state index contributed by atoms with van der Waals surface area (Å²) in [6, 6.07) is 7.17. The maximum atomic E-state index is 5.96. The Morgan fingerprint density at radius 2 is 2.26 bits per heavy atom. The van der Waals surface area contributed by atoms with Gasteiger partial charge in [-0.25, -0.2) is 0 Å². The van der Waals surface area contributed by atoms with Crippen LogP contribution in [0.4, 0.5) is 5.69 Å². The Bertz CT molecular complexity index is 463. The van der Waals surface area contributed by atoms with E-state index in [0.717, 1.165) is 17.6 Å². The minimum Gasteiger partial charge on any atom is -0.374 e. The zero-order chi connectivity index (χ0) is 13.4. The molecule has 1 aromatic rings. The zero-order valence-electron chi connectivity index (χ0n) is 11.3. The molecule has 1 aliphatic heterocycles. The van der Waals surface area contributed by atoms with Crippen molar-refractivity contribution in [1.29, 1.82) is 0 Å². The molecule has 104 valence electrons. The Balaban J connectivity index is 1.87. The predicted octanol–water partition coefficient (Wildman–Crippen LogP) is 3.23. The van der Waals surface area contributed by atoms with E-state index in [-0.39, 0.29) is 6.04 Å². The molecular formula is C15H21BrN2O. The number of nitrogens with zero attached hydrogens (tertiary/aromatic N) is 1. The molecule has 1 aromatic carbocycles. The minimum atomic E-state index is 0.0624. The number of morpholine rings is 1. The fourth-order valence-electron chi connectivity index (χ4n) is 3.31. The lowest BCUT2D eigenvalue weighted by molar-refractivity contribution is 0.0256. The van der Waals surface area contributed by atoms with E-state index in [1.807, 2.05) is 6.92 Å². The highest BCUT2D eigenvalue weighted by molar-refractivity contribution is 9.10. The third-order valence-corrected chi connectivity index (χ3v) is 4.98. The largest absolute Gasteiger partial charge is 0.374 e. The van der Waals surface area contributed by atoms with Gasteiger partial charge >= 0.3 is 0 Å². The third-order valence-electron chi connectivity index (χ3n) is 4.29. The molecule has 2 aliphatic rings. The number of hydrogen-bond acceptors (Lipinski definition) is 3. The van der Waals surface area contributed by atoms with Crippen LogP contribution in [0.3, 0.4) is 0 Å². The molecule has 0 radical (unpaired) electrons. The van der Waals surface area contributed by atoms with Gasteiger partial charge in [-0.1, -0.05) is 22.0 Å². The SMILES string of the molecule is CC(N)c1ccc(N2CCOC3CCCC32)cc1Br. The molecule has 3 unspecified atom stereocenters. The van der Waals surface area contributed by atoms with Crippen LogP contribution >= 0.6 is 15.9 Å². The topological polar surface area (TPSA) is 38.5 Å². The summed E-state index contributed by atoms with van der Waals surface area (Å²) >= 11 is 3.65. The molecule has 1 aliphatic carbocycles. The summed E-state index contributed by atoms with van der Waals surface area (Å²) in [5, 5.41) is 0. The summed E-state index contributed by atoms with van der Waals surface area (Å²) < 4.78 is 6.98. The molecule has 0 amide bonds. The van der Waals surface area contributed by atoms with Crippen molar-refractivity contribution in [2.24, 2.45) is 5.73 Å². The van der Waals surface area contributed by atoms with Crippen molar-refractivity contribution >= 4 is 21.6 Å².